The maximum Gasteiger partial charge on any atom is 0.138 e. The number of ether oxygens (including phenoxy) is 1. The molecule has 0 aromatic carbocycles. The summed E-state index contributed by atoms with van der Waals surface area (Å²) in [6, 6.07) is 0. The van der Waals surface area contributed by atoms with Gasteiger partial charge in [0.15, 0.2) is 0 Å². The minimum absolute atomic E-state index is 0.261. The predicted molar refractivity (Wildman–Crippen MR) is 68.2 cm³/mol. The van der Waals surface area contributed by atoms with Crippen molar-refractivity contribution in [1.29, 1.82) is 0 Å². The van der Waals surface area contributed by atoms with Crippen molar-refractivity contribution in [2.45, 2.75) is 64.2 Å². The minimum atomic E-state index is -0.722. The van der Waals surface area contributed by atoms with Crippen LogP contribution in [0.3, 0.4) is 0 Å². The third kappa shape index (κ3) is 3.09. The monoisotopic (exact) mass is 253 g/mol. The molecule has 1 N–H and O–H groups in total. The maximum absolute atomic E-state index is 10.7. The second kappa shape index (κ2) is 4.97. The van der Waals surface area contributed by atoms with Gasteiger partial charge in [-0.3, -0.25) is 4.68 Å². The van der Waals surface area contributed by atoms with Crippen LogP contribution < -0.4 is 0 Å². The Balaban J connectivity index is 2.09. The first kappa shape index (κ1) is 13.5. The van der Waals surface area contributed by atoms with Crippen molar-refractivity contribution < 1.29 is 9.84 Å². The van der Waals surface area contributed by atoms with Crippen LogP contribution in [-0.4, -0.2) is 37.7 Å². The molecule has 18 heavy (non-hydrogen) atoms. The fourth-order valence-corrected chi connectivity index (χ4v) is 2.72. The molecule has 0 saturated carbocycles. The Bertz CT molecular complexity index is 403. The van der Waals surface area contributed by atoms with Gasteiger partial charge in [0.05, 0.1) is 17.8 Å². The van der Waals surface area contributed by atoms with E-state index in [0.29, 0.717) is 25.9 Å². The number of aromatic nitrogens is 3. The van der Waals surface area contributed by atoms with Gasteiger partial charge in [-0.15, -0.1) is 0 Å². The molecule has 1 aliphatic heterocycles. The summed E-state index contributed by atoms with van der Waals surface area (Å²) in [6.45, 7) is 7.61. The highest BCUT2D eigenvalue weighted by molar-refractivity contribution is 4.99. The molecular formula is C13H23N3O2. The fraction of sp³-hybridized carbons (Fsp3) is 0.846. The maximum atomic E-state index is 10.7. The summed E-state index contributed by atoms with van der Waals surface area (Å²) in [7, 11) is 0. The van der Waals surface area contributed by atoms with Crippen molar-refractivity contribution in [3.63, 3.8) is 0 Å². The van der Waals surface area contributed by atoms with E-state index in [4.69, 9.17) is 4.74 Å². The zero-order valence-corrected chi connectivity index (χ0v) is 11.5. The lowest BCUT2D eigenvalue weighted by atomic mass is 9.82. The van der Waals surface area contributed by atoms with Crippen molar-refractivity contribution in [2.24, 2.45) is 0 Å². The third-order valence-electron chi connectivity index (χ3n) is 3.43. The third-order valence-corrected chi connectivity index (χ3v) is 3.43. The lowest BCUT2D eigenvalue weighted by Gasteiger charge is -2.41. The number of aryl methyl sites for hydroxylation is 1. The molecule has 2 heterocycles. The Morgan fingerprint density at radius 1 is 1.50 bits per heavy atom. The van der Waals surface area contributed by atoms with E-state index in [1.165, 1.54) is 0 Å². The van der Waals surface area contributed by atoms with E-state index < -0.39 is 5.60 Å². The Labute approximate surface area is 108 Å². The van der Waals surface area contributed by atoms with Gasteiger partial charge in [-0.25, -0.2) is 4.98 Å². The number of rotatable bonds is 4. The highest BCUT2D eigenvalue weighted by Gasteiger charge is 2.40. The Hall–Kier alpha value is -0.940. The van der Waals surface area contributed by atoms with Crippen molar-refractivity contribution in [3.8, 4) is 0 Å². The molecule has 2 rings (SSSR count). The topological polar surface area (TPSA) is 60.2 Å². The molecule has 0 spiro atoms. The molecule has 1 aromatic rings. The highest BCUT2D eigenvalue weighted by atomic mass is 16.5. The second-order valence-corrected chi connectivity index (χ2v) is 5.84. The smallest absolute Gasteiger partial charge is 0.138 e. The molecule has 1 atom stereocenters. The number of hydrogen-bond donors (Lipinski definition) is 1. The van der Waals surface area contributed by atoms with E-state index in [0.717, 1.165) is 18.8 Å². The van der Waals surface area contributed by atoms with E-state index in [1.807, 2.05) is 18.5 Å². The number of hydrogen-bond acceptors (Lipinski definition) is 4. The summed E-state index contributed by atoms with van der Waals surface area (Å²) in [5.74, 6) is 0.872. The van der Waals surface area contributed by atoms with E-state index in [9.17, 15) is 5.11 Å². The fourth-order valence-electron chi connectivity index (χ4n) is 2.72. The highest BCUT2D eigenvalue weighted by Crippen LogP contribution is 2.33. The molecule has 5 nitrogen and oxygen atoms in total. The van der Waals surface area contributed by atoms with Crippen LogP contribution in [0.25, 0.3) is 0 Å². The molecule has 0 amide bonds. The summed E-state index contributed by atoms with van der Waals surface area (Å²) in [6.07, 6.45) is 4.44. The van der Waals surface area contributed by atoms with Crippen LogP contribution in [0.2, 0.25) is 0 Å². The van der Waals surface area contributed by atoms with Gasteiger partial charge in [0.1, 0.15) is 12.2 Å². The van der Waals surface area contributed by atoms with Crippen molar-refractivity contribution in [3.05, 3.63) is 12.2 Å². The van der Waals surface area contributed by atoms with E-state index in [2.05, 4.69) is 17.0 Å². The summed E-state index contributed by atoms with van der Waals surface area (Å²) in [5, 5.41) is 14.9. The standard InChI is InChI=1S/C13H23N3O2/c1-4-6-16-11(14-10-15-16)8-13(17)5-7-18-12(2,3)9-13/h10,17H,4-9H2,1-3H3. The first-order chi connectivity index (χ1) is 8.44. The van der Waals surface area contributed by atoms with Gasteiger partial charge in [0.25, 0.3) is 0 Å². The zero-order chi connectivity index (χ0) is 13.2. The molecule has 0 radical (unpaired) electrons. The zero-order valence-electron chi connectivity index (χ0n) is 11.5. The SMILES string of the molecule is CCCn1ncnc1CC1(O)CCOC(C)(C)C1. The van der Waals surface area contributed by atoms with Gasteiger partial charge in [-0.05, 0) is 20.3 Å². The molecule has 1 aromatic heterocycles. The van der Waals surface area contributed by atoms with Gasteiger partial charge in [-0.1, -0.05) is 6.92 Å². The van der Waals surface area contributed by atoms with E-state index >= 15 is 0 Å². The predicted octanol–water partition coefficient (Wildman–Crippen LogP) is 1.55. The quantitative estimate of drug-likeness (QED) is 0.884. The Morgan fingerprint density at radius 3 is 2.94 bits per heavy atom. The molecule has 0 aliphatic carbocycles. The lowest BCUT2D eigenvalue weighted by Crippen LogP contribution is -2.47. The van der Waals surface area contributed by atoms with Crippen LogP contribution in [0.5, 0.6) is 0 Å². The molecule has 102 valence electrons. The van der Waals surface area contributed by atoms with E-state index in [-0.39, 0.29) is 5.60 Å². The summed E-state index contributed by atoms with van der Waals surface area (Å²) >= 11 is 0. The summed E-state index contributed by atoms with van der Waals surface area (Å²) < 4.78 is 7.54. The largest absolute Gasteiger partial charge is 0.389 e. The van der Waals surface area contributed by atoms with Crippen LogP contribution in [0.4, 0.5) is 0 Å². The van der Waals surface area contributed by atoms with Crippen LogP contribution in [0.15, 0.2) is 6.33 Å². The van der Waals surface area contributed by atoms with Crippen LogP contribution in [0, 0.1) is 0 Å². The molecule has 5 heteroatoms. The van der Waals surface area contributed by atoms with Gasteiger partial charge < -0.3 is 9.84 Å². The lowest BCUT2D eigenvalue weighted by molar-refractivity contribution is -0.144. The molecule has 1 saturated heterocycles. The molecule has 1 aliphatic rings. The molecule has 1 unspecified atom stereocenters. The first-order valence-corrected chi connectivity index (χ1v) is 6.67. The van der Waals surface area contributed by atoms with Gasteiger partial charge in [0.2, 0.25) is 0 Å². The van der Waals surface area contributed by atoms with Crippen molar-refractivity contribution in [1.82, 2.24) is 14.8 Å². The average Bonchev–Trinajstić information content (AvgIpc) is 2.63. The van der Waals surface area contributed by atoms with Crippen molar-refractivity contribution >= 4 is 0 Å². The molecule has 1 fully saturated rings. The van der Waals surface area contributed by atoms with Crippen molar-refractivity contribution in [2.75, 3.05) is 6.61 Å². The normalized spacial score (nSPS) is 27.3. The van der Waals surface area contributed by atoms with Gasteiger partial charge in [0, 0.05) is 25.8 Å². The molecular weight excluding hydrogens is 230 g/mol. The van der Waals surface area contributed by atoms with Crippen LogP contribution in [-0.2, 0) is 17.7 Å². The molecule has 0 bridgehead atoms. The average molecular weight is 253 g/mol. The van der Waals surface area contributed by atoms with Gasteiger partial charge in [-0.2, -0.15) is 5.10 Å². The summed E-state index contributed by atoms with van der Waals surface area (Å²) in [5.41, 5.74) is -0.983. The van der Waals surface area contributed by atoms with Gasteiger partial charge >= 0.3 is 0 Å². The van der Waals surface area contributed by atoms with Crippen LogP contribution in [0.1, 0.15) is 45.9 Å². The first-order valence-electron chi connectivity index (χ1n) is 6.67. The van der Waals surface area contributed by atoms with E-state index in [1.54, 1.807) is 6.33 Å². The second-order valence-electron chi connectivity index (χ2n) is 5.84. The minimum Gasteiger partial charge on any atom is -0.389 e. The Morgan fingerprint density at radius 2 is 2.28 bits per heavy atom. The van der Waals surface area contributed by atoms with Crippen LogP contribution >= 0.6 is 0 Å². The number of nitrogens with zero attached hydrogens (tertiary/aromatic N) is 3. The summed E-state index contributed by atoms with van der Waals surface area (Å²) in [4.78, 5) is 4.27. The Kier molecular flexibility index (Phi) is 3.73. The number of aliphatic hydroxyl groups is 1.